The van der Waals surface area contributed by atoms with Crippen LogP contribution < -0.4 is 5.32 Å². The van der Waals surface area contributed by atoms with Gasteiger partial charge in [-0.1, -0.05) is 18.2 Å². The van der Waals surface area contributed by atoms with E-state index < -0.39 is 0 Å². The SMILES string of the molecule is ClCCOCCNCC1Cc2ccccc2S1. The van der Waals surface area contributed by atoms with Crippen LogP contribution in [-0.4, -0.2) is 37.4 Å². The molecule has 1 aliphatic rings. The van der Waals surface area contributed by atoms with Gasteiger partial charge in [0.05, 0.1) is 13.2 Å². The van der Waals surface area contributed by atoms with Gasteiger partial charge in [-0.25, -0.2) is 0 Å². The third kappa shape index (κ3) is 4.18. The van der Waals surface area contributed by atoms with Crippen molar-refractivity contribution >= 4 is 23.4 Å². The van der Waals surface area contributed by atoms with Crippen molar-refractivity contribution in [2.45, 2.75) is 16.6 Å². The first-order valence-corrected chi connectivity index (χ1v) is 7.40. The van der Waals surface area contributed by atoms with Crippen LogP contribution in [0.1, 0.15) is 5.56 Å². The number of fused-ring (bicyclic) bond motifs is 1. The zero-order valence-corrected chi connectivity index (χ0v) is 11.4. The summed E-state index contributed by atoms with van der Waals surface area (Å²) in [6.45, 7) is 3.35. The normalized spacial score (nSPS) is 18.3. The van der Waals surface area contributed by atoms with Crippen molar-refractivity contribution in [2.75, 3.05) is 32.2 Å². The Bertz CT molecular complexity index is 323. The first-order chi connectivity index (χ1) is 8.40. The Hall–Kier alpha value is -0.220. The number of halogens is 1. The molecule has 17 heavy (non-hydrogen) atoms. The highest BCUT2D eigenvalue weighted by molar-refractivity contribution is 8.00. The minimum atomic E-state index is 0.577. The number of ether oxygens (including phenoxy) is 1. The van der Waals surface area contributed by atoms with E-state index in [0.717, 1.165) is 19.7 Å². The third-order valence-electron chi connectivity index (χ3n) is 2.73. The standard InChI is InChI=1S/C13H18ClNOS/c14-5-7-16-8-6-15-10-12-9-11-3-1-2-4-13(11)17-12/h1-4,12,15H,5-10H2. The molecule has 0 radical (unpaired) electrons. The van der Waals surface area contributed by atoms with E-state index in [1.54, 1.807) is 0 Å². The zero-order chi connectivity index (χ0) is 11.9. The minimum absolute atomic E-state index is 0.577. The number of hydrogen-bond donors (Lipinski definition) is 1. The van der Waals surface area contributed by atoms with Gasteiger partial charge in [0.2, 0.25) is 0 Å². The van der Waals surface area contributed by atoms with Crippen LogP contribution in [-0.2, 0) is 11.2 Å². The molecule has 1 aromatic rings. The van der Waals surface area contributed by atoms with Crippen molar-refractivity contribution in [2.24, 2.45) is 0 Å². The molecule has 0 saturated carbocycles. The van der Waals surface area contributed by atoms with E-state index in [0.29, 0.717) is 17.7 Å². The summed E-state index contributed by atoms with van der Waals surface area (Å²) in [7, 11) is 0. The number of hydrogen-bond acceptors (Lipinski definition) is 3. The Balaban J connectivity index is 1.60. The fourth-order valence-electron chi connectivity index (χ4n) is 1.93. The maximum absolute atomic E-state index is 5.52. The number of rotatable bonds is 7. The van der Waals surface area contributed by atoms with Gasteiger partial charge in [-0.05, 0) is 18.1 Å². The molecule has 0 aliphatic carbocycles. The second kappa shape index (κ2) is 7.27. The van der Waals surface area contributed by atoms with Crippen LogP contribution in [0.2, 0.25) is 0 Å². The highest BCUT2D eigenvalue weighted by atomic mass is 35.5. The van der Waals surface area contributed by atoms with Crippen LogP contribution in [0.25, 0.3) is 0 Å². The molecule has 1 unspecified atom stereocenters. The molecule has 0 fully saturated rings. The van der Waals surface area contributed by atoms with E-state index >= 15 is 0 Å². The lowest BCUT2D eigenvalue weighted by Gasteiger charge is -2.10. The van der Waals surface area contributed by atoms with Crippen LogP contribution >= 0.6 is 23.4 Å². The molecule has 94 valence electrons. The molecule has 1 aromatic carbocycles. The highest BCUT2D eigenvalue weighted by Gasteiger charge is 2.20. The molecule has 1 N–H and O–H groups in total. The smallest absolute Gasteiger partial charge is 0.0602 e. The van der Waals surface area contributed by atoms with Gasteiger partial charge in [-0.3, -0.25) is 0 Å². The number of nitrogens with one attached hydrogen (secondary N) is 1. The van der Waals surface area contributed by atoms with Crippen molar-refractivity contribution in [1.82, 2.24) is 5.32 Å². The van der Waals surface area contributed by atoms with Gasteiger partial charge in [-0.2, -0.15) is 0 Å². The maximum atomic E-state index is 5.52. The fraction of sp³-hybridized carbons (Fsp3) is 0.538. The molecule has 0 aromatic heterocycles. The summed E-state index contributed by atoms with van der Waals surface area (Å²) >= 11 is 7.50. The highest BCUT2D eigenvalue weighted by Crippen LogP contribution is 2.36. The summed E-state index contributed by atoms with van der Waals surface area (Å²) in [4.78, 5) is 1.44. The topological polar surface area (TPSA) is 21.3 Å². The molecule has 0 spiro atoms. The summed E-state index contributed by atoms with van der Waals surface area (Å²) < 4.78 is 5.31. The summed E-state index contributed by atoms with van der Waals surface area (Å²) in [5.41, 5.74) is 1.49. The lowest BCUT2D eigenvalue weighted by molar-refractivity contribution is 0.151. The van der Waals surface area contributed by atoms with Gasteiger partial charge in [0.25, 0.3) is 0 Å². The first kappa shape index (κ1) is 13.2. The van der Waals surface area contributed by atoms with E-state index in [4.69, 9.17) is 16.3 Å². The first-order valence-electron chi connectivity index (χ1n) is 5.99. The Labute approximate surface area is 112 Å². The van der Waals surface area contributed by atoms with Crippen molar-refractivity contribution < 1.29 is 4.74 Å². The van der Waals surface area contributed by atoms with Crippen LogP contribution in [0.15, 0.2) is 29.2 Å². The predicted octanol–water partition coefficient (Wildman–Crippen LogP) is 2.55. The van der Waals surface area contributed by atoms with Crippen LogP contribution in [0.3, 0.4) is 0 Å². The van der Waals surface area contributed by atoms with E-state index in [1.165, 1.54) is 16.9 Å². The van der Waals surface area contributed by atoms with Gasteiger partial charge in [0.1, 0.15) is 0 Å². The average molecular weight is 272 g/mol. The van der Waals surface area contributed by atoms with Gasteiger partial charge in [0.15, 0.2) is 0 Å². The van der Waals surface area contributed by atoms with E-state index in [1.807, 2.05) is 11.8 Å². The summed E-state index contributed by atoms with van der Waals surface area (Å²) in [5.74, 6) is 0.577. The van der Waals surface area contributed by atoms with Crippen LogP contribution in [0, 0.1) is 0 Å². The van der Waals surface area contributed by atoms with Crippen molar-refractivity contribution in [1.29, 1.82) is 0 Å². The molecule has 1 atom stereocenters. The van der Waals surface area contributed by atoms with E-state index in [2.05, 4.69) is 29.6 Å². The van der Waals surface area contributed by atoms with Crippen molar-refractivity contribution in [3.63, 3.8) is 0 Å². The summed E-state index contributed by atoms with van der Waals surface area (Å²) in [6, 6.07) is 8.67. The van der Waals surface area contributed by atoms with E-state index in [-0.39, 0.29) is 0 Å². The molecular weight excluding hydrogens is 254 g/mol. The Morgan fingerprint density at radius 2 is 2.24 bits per heavy atom. The Morgan fingerprint density at radius 3 is 3.06 bits per heavy atom. The fourth-order valence-corrected chi connectivity index (χ4v) is 3.32. The van der Waals surface area contributed by atoms with Crippen LogP contribution in [0.5, 0.6) is 0 Å². The molecule has 2 rings (SSSR count). The summed E-state index contributed by atoms with van der Waals surface area (Å²) in [5, 5.41) is 4.10. The quantitative estimate of drug-likeness (QED) is 0.608. The zero-order valence-electron chi connectivity index (χ0n) is 9.82. The largest absolute Gasteiger partial charge is 0.379 e. The van der Waals surface area contributed by atoms with Crippen molar-refractivity contribution in [3.8, 4) is 0 Å². The number of thioether (sulfide) groups is 1. The molecule has 2 nitrogen and oxygen atoms in total. The molecule has 1 aliphatic heterocycles. The lowest BCUT2D eigenvalue weighted by atomic mass is 10.1. The molecule has 4 heteroatoms. The van der Waals surface area contributed by atoms with Crippen molar-refractivity contribution in [3.05, 3.63) is 29.8 Å². The summed E-state index contributed by atoms with van der Waals surface area (Å²) in [6.07, 6.45) is 1.18. The molecular formula is C13H18ClNOS. The molecule has 0 bridgehead atoms. The predicted molar refractivity (Wildman–Crippen MR) is 74.2 cm³/mol. The van der Waals surface area contributed by atoms with Crippen LogP contribution in [0.4, 0.5) is 0 Å². The maximum Gasteiger partial charge on any atom is 0.0602 e. The molecule has 0 saturated heterocycles. The van der Waals surface area contributed by atoms with Gasteiger partial charge >= 0.3 is 0 Å². The third-order valence-corrected chi connectivity index (χ3v) is 4.20. The average Bonchev–Trinajstić information content (AvgIpc) is 2.76. The lowest BCUT2D eigenvalue weighted by Crippen LogP contribution is -2.27. The monoisotopic (exact) mass is 271 g/mol. The second-order valence-electron chi connectivity index (χ2n) is 4.06. The van der Waals surface area contributed by atoms with E-state index in [9.17, 15) is 0 Å². The molecule has 1 heterocycles. The molecule has 0 amide bonds. The number of benzene rings is 1. The van der Waals surface area contributed by atoms with Gasteiger partial charge < -0.3 is 10.1 Å². The second-order valence-corrected chi connectivity index (χ2v) is 5.78. The van der Waals surface area contributed by atoms with Gasteiger partial charge in [-0.15, -0.1) is 23.4 Å². The Morgan fingerprint density at radius 1 is 1.35 bits per heavy atom. The Kier molecular flexibility index (Phi) is 5.65. The van der Waals surface area contributed by atoms with Gasteiger partial charge in [0, 0.05) is 29.1 Å². The number of alkyl halides is 1. The minimum Gasteiger partial charge on any atom is -0.379 e.